The summed E-state index contributed by atoms with van der Waals surface area (Å²) in [7, 11) is 1.35. The predicted molar refractivity (Wildman–Crippen MR) is 122 cm³/mol. The molecule has 0 saturated carbocycles. The lowest BCUT2D eigenvalue weighted by Crippen LogP contribution is -2.17. The van der Waals surface area contributed by atoms with E-state index in [2.05, 4.69) is 16.5 Å². The van der Waals surface area contributed by atoms with Crippen molar-refractivity contribution in [1.82, 2.24) is 5.16 Å². The Morgan fingerprint density at radius 1 is 1.12 bits per heavy atom. The first-order chi connectivity index (χ1) is 15.4. The number of methoxy groups -OCH3 is 1. The maximum absolute atomic E-state index is 13.1. The molecule has 7 nitrogen and oxygen atoms in total. The number of anilines is 1. The molecule has 0 unspecified atom stereocenters. The van der Waals surface area contributed by atoms with E-state index in [1.165, 1.54) is 18.4 Å². The van der Waals surface area contributed by atoms with Crippen LogP contribution in [-0.4, -0.2) is 24.1 Å². The summed E-state index contributed by atoms with van der Waals surface area (Å²) in [6.07, 6.45) is 3.80. The minimum Gasteiger partial charge on any atom is -0.489 e. The van der Waals surface area contributed by atoms with Gasteiger partial charge in [0.2, 0.25) is 0 Å². The Hall–Kier alpha value is -3.13. The number of ether oxygens (including phenoxy) is 2. The molecule has 0 bridgehead atoms. The third-order valence-electron chi connectivity index (χ3n) is 5.57. The van der Waals surface area contributed by atoms with Crippen LogP contribution in [0.25, 0.3) is 0 Å². The van der Waals surface area contributed by atoms with E-state index in [-0.39, 0.29) is 12.3 Å². The molecule has 0 radical (unpaired) electrons. The molecule has 1 N–H and O–H groups in total. The normalized spacial score (nSPS) is 12.9. The van der Waals surface area contributed by atoms with Gasteiger partial charge >= 0.3 is 5.97 Å². The molecule has 0 atom stereocenters. The van der Waals surface area contributed by atoms with Crippen LogP contribution < -0.4 is 10.1 Å². The second-order valence-corrected chi connectivity index (χ2v) is 9.14. The van der Waals surface area contributed by atoms with Crippen molar-refractivity contribution in [2.45, 2.75) is 53.1 Å². The van der Waals surface area contributed by atoms with Gasteiger partial charge in [0, 0.05) is 4.88 Å². The molecule has 1 amide bonds. The van der Waals surface area contributed by atoms with Gasteiger partial charge in [-0.15, -0.1) is 11.3 Å². The van der Waals surface area contributed by atoms with Gasteiger partial charge in [0.1, 0.15) is 23.1 Å². The molecule has 0 aliphatic heterocycles. The van der Waals surface area contributed by atoms with E-state index in [9.17, 15) is 9.59 Å². The van der Waals surface area contributed by atoms with Gasteiger partial charge in [0.05, 0.1) is 18.2 Å². The number of benzene rings is 1. The first kappa shape index (κ1) is 22.1. The van der Waals surface area contributed by atoms with Gasteiger partial charge in [-0.2, -0.15) is 0 Å². The number of esters is 1. The Morgan fingerprint density at radius 3 is 2.56 bits per heavy atom. The van der Waals surface area contributed by atoms with Gasteiger partial charge in [-0.1, -0.05) is 11.2 Å². The fourth-order valence-electron chi connectivity index (χ4n) is 4.05. The molecule has 1 aliphatic carbocycles. The molecule has 3 aromatic rings. The van der Waals surface area contributed by atoms with Crippen LogP contribution in [0.15, 0.2) is 22.7 Å². The van der Waals surface area contributed by atoms with Crippen molar-refractivity contribution >= 4 is 28.2 Å². The second kappa shape index (κ2) is 9.16. The number of thiophene rings is 1. The molecule has 2 heterocycles. The number of carbonyl (C=O) groups excluding carboxylic acids is 2. The predicted octanol–water partition coefficient (Wildman–Crippen LogP) is 5.16. The molecular weight excluding hydrogens is 428 g/mol. The maximum atomic E-state index is 13.1. The summed E-state index contributed by atoms with van der Waals surface area (Å²) < 4.78 is 16.2. The number of aryl methyl sites for hydroxylation is 4. The summed E-state index contributed by atoms with van der Waals surface area (Å²) in [6.45, 7) is 5.89. The van der Waals surface area contributed by atoms with Crippen molar-refractivity contribution in [3.8, 4) is 5.75 Å². The zero-order chi connectivity index (χ0) is 22.8. The van der Waals surface area contributed by atoms with E-state index in [1.807, 2.05) is 26.0 Å². The number of nitrogens with zero attached hydrogens (tertiary/aromatic N) is 1. The number of aromatic nitrogens is 1. The lowest BCUT2D eigenvalue weighted by Gasteiger charge is -2.11. The average Bonchev–Trinajstić information content (AvgIpc) is 3.30. The summed E-state index contributed by atoms with van der Waals surface area (Å²) in [5, 5.41) is 7.32. The highest BCUT2D eigenvalue weighted by molar-refractivity contribution is 7.17. The van der Waals surface area contributed by atoms with Crippen LogP contribution in [0.4, 0.5) is 5.00 Å². The van der Waals surface area contributed by atoms with Crippen molar-refractivity contribution in [1.29, 1.82) is 0 Å². The Morgan fingerprint density at radius 2 is 1.84 bits per heavy atom. The summed E-state index contributed by atoms with van der Waals surface area (Å²) in [5.74, 6) is 0.352. The Labute approximate surface area is 190 Å². The highest BCUT2D eigenvalue weighted by Crippen LogP contribution is 2.39. The fourth-order valence-corrected chi connectivity index (χ4v) is 5.32. The fraction of sp³-hybridized carbons (Fsp3) is 0.375. The summed E-state index contributed by atoms with van der Waals surface area (Å²) in [5.41, 5.74) is 4.34. The standard InChI is InChI=1S/C24H26N2O5S/c1-13-9-14(2)11-16(10-13)30-12-18-15(3)31-26-21(18)22(27)25-23-20(24(28)29-4)17-7-5-6-8-19(17)32-23/h9-11H,5-8,12H2,1-4H3,(H,25,27). The molecule has 8 heteroatoms. The Kier molecular flexibility index (Phi) is 6.32. The molecule has 0 spiro atoms. The highest BCUT2D eigenvalue weighted by Gasteiger charge is 2.29. The first-order valence-corrected chi connectivity index (χ1v) is 11.4. The first-order valence-electron chi connectivity index (χ1n) is 10.6. The summed E-state index contributed by atoms with van der Waals surface area (Å²) in [6, 6.07) is 5.94. The van der Waals surface area contributed by atoms with Gasteiger partial charge in [-0.05, 0) is 75.3 Å². The number of hydrogen-bond donors (Lipinski definition) is 1. The van der Waals surface area contributed by atoms with Crippen LogP contribution in [0.2, 0.25) is 0 Å². The van der Waals surface area contributed by atoms with Crippen LogP contribution in [0.3, 0.4) is 0 Å². The zero-order valence-corrected chi connectivity index (χ0v) is 19.5. The second-order valence-electron chi connectivity index (χ2n) is 8.04. The minimum absolute atomic E-state index is 0.145. The van der Waals surface area contributed by atoms with Gasteiger partial charge < -0.3 is 19.3 Å². The van der Waals surface area contributed by atoms with Crippen LogP contribution in [0.5, 0.6) is 5.75 Å². The number of carbonyl (C=O) groups is 2. The van der Waals surface area contributed by atoms with Crippen LogP contribution in [0.1, 0.15) is 66.6 Å². The van der Waals surface area contributed by atoms with E-state index in [0.29, 0.717) is 27.6 Å². The minimum atomic E-state index is -0.440. The zero-order valence-electron chi connectivity index (χ0n) is 18.7. The average molecular weight is 455 g/mol. The Balaban J connectivity index is 1.57. The highest BCUT2D eigenvalue weighted by atomic mass is 32.1. The number of nitrogens with one attached hydrogen (secondary N) is 1. The molecule has 0 saturated heterocycles. The lowest BCUT2D eigenvalue weighted by molar-refractivity contribution is 0.0601. The molecule has 2 aromatic heterocycles. The molecule has 1 aromatic carbocycles. The van der Waals surface area contributed by atoms with Gasteiger partial charge in [-0.3, -0.25) is 4.79 Å². The van der Waals surface area contributed by atoms with Gasteiger partial charge in [0.15, 0.2) is 5.69 Å². The van der Waals surface area contributed by atoms with Crippen LogP contribution >= 0.6 is 11.3 Å². The lowest BCUT2D eigenvalue weighted by atomic mass is 9.95. The van der Waals surface area contributed by atoms with E-state index in [0.717, 1.165) is 47.3 Å². The monoisotopic (exact) mass is 454 g/mol. The van der Waals surface area contributed by atoms with Crippen LogP contribution in [0, 0.1) is 20.8 Å². The molecule has 1 aliphatic rings. The number of rotatable bonds is 6. The number of amides is 1. The van der Waals surface area contributed by atoms with E-state index >= 15 is 0 Å². The van der Waals surface area contributed by atoms with E-state index < -0.39 is 11.9 Å². The molecule has 168 valence electrons. The SMILES string of the molecule is COC(=O)c1c(NC(=O)c2noc(C)c2COc2cc(C)cc(C)c2)sc2c1CCCC2. The van der Waals surface area contributed by atoms with Crippen LogP contribution in [-0.2, 0) is 24.2 Å². The van der Waals surface area contributed by atoms with E-state index in [4.69, 9.17) is 14.0 Å². The maximum Gasteiger partial charge on any atom is 0.341 e. The van der Waals surface area contributed by atoms with Crippen molar-refractivity contribution < 1.29 is 23.6 Å². The topological polar surface area (TPSA) is 90.7 Å². The molecule has 0 fully saturated rings. The largest absolute Gasteiger partial charge is 0.489 e. The molecular formula is C24H26N2O5S. The van der Waals surface area contributed by atoms with Gasteiger partial charge in [-0.25, -0.2) is 4.79 Å². The van der Waals surface area contributed by atoms with Crippen molar-refractivity contribution in [2.75, 3.05) is 12.4 Å². The molecule has 32 heavy (non-hydrogen) atoms. The smallest absolute Gasteiger partial charge is 0.341 e. The van der Waals surface area contributed by atoms with Crippen molar-refractivity contribution in [2.24, 2.45) is 0 Å². The summed E-state index contributed by atoms with van der Waals surface area (Å²) in [4.78, 5) is 26.7. The van der Waals surface area contributed by atoms with Crippen molar-refractivity contribution in [3.05, 3.63) is 62.3 Å². The van der Waals surface area contributed by atoms with E-state index in [1.54, 1.807) is 6.92 Å². The third-order valence-corrected chi connectivity index (χ3v) is 6.77. The van der Waals surface area contributed by atoms with Crippen molar-refractivity contribution in [3.63, 3.8) is 0 Å². The number of fused-ring (bicyclic) bond motifs is 1. The summed E-state index contributed by atoms with van der Waals surface area (Å²) >= 11 is 1.43. The number of hydrogen-bond acceptors (Lipinski definition) is 7. The molecule has 4 rings (SSSR count). The third kappa shape index (κ3) is 4.41. The quantitative estimate of drug-likeness (QED) is 0.518. The van der Waals surface area contributed by atoms with Gasteiger partial charge in [0.25, 0.3) is 5.91 Å². The Bertz CT molecular complexity index is 1160.